The maximum atomic E-state index is 11.3. The summed E-state index contributed by atoms with van der Waals surface area (Å²) in [6.45, 7) is 5.01. The minimum Gasteiger partial charge on any atom is -0.339 e. The Morgan fingerprint density at radius 3 is 2.50 bits per heavy atom. The molecule has 142 valence electrons. The van der Waals surface area contributed by atoms with Gasteiger partial charge in [-0.3, -0.25) is 14.9 Å². The smallest absolute Gasteiger partial charge is 0.277 e. The summed E-state index contributed by atoms with van der Waals surface area (Å²) in [4.78, 5) is 24.5. The fourth-order valence-electron chi connectivity index (χ4n) is 4.46. The Bertz CT molecular complexity index is 1020. The Hall–Kier alpha value is -3.03. The molecule has 3 aromatic rings. The molecule has 0 aliphatic carbocycles. The topological polar surface area (TPSA) is 81.6 Å². The fourth-order valence-corrected chi connectivity index (χ4v) is 4.46. The first-order valence-corrected chi connectivity index (χ1v) is 9.36. The van der Waals surface area contributed by atoms with Crippen molar-refractivity contribution in [3.05, 3.63) is 66.0 Å². The lowest BCUT2D eigenvalue weighted by atomic mass is 9.73. The predicted octanol–water partition coefficient (Wildman–Crippen LogP) is 2.07. The van der Waals surface area contributed by atoms with Gasteiger partial charge >= 0.3 is 0 Å². The third-order valence-electron chi connectivity index (χ3n) is 5.73. The summed E-state index contributed by atoms with van der Waals surface area (Å²) in [5.41, 5.74) is 3.54. The maximum Gasteiger partial charge on any atom is 0.277 e. The normalized spacial score (nSPS) is 18.0. The van der Waals surface area contributed by atoms with E-state index in [1.807, 2.05) is 0 Å². The van der Waals surface area contributed by atoms with Crippen molar-refractivity contribution in [2.45, 2.75) is 6.54 Å². The number of hydrogen-bond donors (Lipinski definition) is 2. The first-order valence-electron chi connectivity index (χ1n) is 9.36. The summed E-state index contributed by atoms with van der Waals surface area (Å²) in [5, 5.41) is 11.3. The van der Waals surface area contributed by atoms with Crippen molar-refractivity contribution in [1.29, 1.82) is 0 Å². The monoisotopic (exact) mass is 375 g/mol. The predicted molar refractivity (Wildman–Crippen MR) is 105 cm³/mol. The van der Waals surface area contributed by atoms with E-state index in [9.17, 15) is 4.79 Å². The number of carbonyl (C=O) groups excluding carboxylic acids is 1. The van der Waals surface area contributed by atoms with E-state index in [1.165, 1.54) is 28.7 Å². The zero-order chi connectivity index (χ0) is 19.1. The number of nitrogens with zero attached hydrogens (tertiary/aromatic N) is 4. The molecular formula is C21H21N5O2. The standard InChI is InChI=1S/C21H21N5O2/c27-19(24-28)17-8-22-20(23-9-17)26-13-21(14-26)11-25(12-21)10-16-6-3-5-15-4-1-2-7-18(15)16/h1-9,28H,10-14H2,(H,24,27). The molecule has 1 spiro atoms. The molecule has 0 radical (unpaired) electrons. The number of carbonyl (C=O) groups is 1. The van der Waals surface area contributed by atoms with Crippen LogP contribution in [0.5, 0.6) is 0 Å². The number of fused-ring (bicyclic) bond motifs is 1. The summed E-state index contributed by atoms with van der Waals surface area (Å²) in [7, 11) is 0. The summed E-state index contributed by atoms with van der Waals surface area (Å²) >= 11 is 0. The summed E-state index contributed by atoms with van der Waals surface area (Å²) in [5.74, 6) is 0.0299. The number of rotatable bonds is 4. The van der Waals surface area contributed by atoms with E-state index in [0.717, 1.165) is 32.7 Å². The van der Waals surface area contributed by atoms with Crippen molar-refractivity contribution in [3.63, 3.8) is 0 Å². The molecule has 2 N–H and O–H groups in total. The van der Waals surface area contributed by atoms with Gasteiger partial charge in [0, 0.05) is 50.5 Å². The molecule has 1 amide bonds. The van der Waals surface area contributed by atoms with Gasteiger partial charge in [0.1, 0.15) is 0 Å². The van der Waals surface area contributed by atoms with Gasteiger partial charge in [0.25, 0.3) is 5.91 Å². The number of aromatic nitrogens is 2. The Morgan fingerprint density at radius 1 is 1.04 bits per heavy atom. The highest BCUT2D eigenvalue weighted by Crippen LogP contribution is 2.41. The van der Waals surface area contributed by atoms with Gasteiger partial charge in [-0.1, -0.05) is 42.5 Å². The van der Waals surface area contributed by atoms with Crippen LogP contribution < -0.4 is 10.4 Å². The molecule has 0 unspecified atom stereocenters. The molecule has 7 nitrogen and oxygen atoms in total. The van der Waals surface area contributed by atoms with E-state index in [-0.39, 0.29) is 5.56 Å². The lowest BCUT2D eigenvalue weighted by Crippen LogP contribution is -2.72. The third kappa shape index (κ3) is 2.89. The van der Waals surface area contributed by atoms with Crippen molar-refractivity contribution < 1.29 is 10.0 Å². The molecule has 0 saturated carbocycles. The molecule has 3 heterocycles. The fraction of sp³-hybridized carbons (Fsp3) is 0.286. The average Bonchev–Trinajstić information content (AvgIpc) is 2.68. The molecule has 2 saturated heterocycles. The van der Waals surface area contributed by atoms with Gasteiger partial charge < -0.3 is 4.90 Å². The van der Waals surface area contributed by atoms with Gasteiger partial charge in [0.05, 0.1) is 5.56 Å². The van der Waals surface area contributed by atoms with E-state index in [0.29, 0.717) is 11.4 Å². The van der Waals surface area contributed by atoms with Crippen LogP contribution in [0.15, 0.2) is 54.9 Å². The molecule has 0 bridgehead atoms. The maximum absolute atomic E-state index is 11.3. The summed E-state index contributed by atoms with van der Waals surface area (Å²) in [6.07, 6.45) is 2.87. The highest BCUT2D eigenvalue weighted by Gasteiger charge is 2.52. The zero-order valence-electron chi connectivity index (χ0n) is 15.4. The molecule has 7 heteroatoms. The molecular weight excluding hydrogens is 354 g/mol. The van der Waals surface area contributed by atoms with Crippen LogP contribution in [0.3, 0.4) is 0 Å². The van der Waals surface area contributed by atoms with Crippen LogP contribution in [0.25, 0.3) is 10.8 Å². The molecule has 0 atom stereocenters. The number of anilines is 1. The number of benzene rings is 2. The Kier molecular flexibility index (Phi) is 3.99. The zero-order valence-corrected chi connectivity index (χ0v) is 15.4. The Balaban J connectivity index is 1.19. The molecule has 2 aromatic carbocycles. The lowest BCUT2D eigenvalue weighted by Gasteiger charge is -2.60. The highest BCUT2D eigenvalue weighted by molar-refractivity contribution is 5.92. The highest BCUT2D eigenvalue weighted by atomic mass is 16.5. The van der Waals surface area contributed by atoms with Crippen LogP contribution in [-0.4, -0.2) is 52.2 Å². The van der Waals surface area contributed by atoms with E-state index in [2.05, 4.69) is 62.2 Å². The van der Waals surface area contributed by atoms with Crippen molar-refractivity contribution in [2.24, 2.45) is 5.41 Å². The van der Waals surface area contributed by atoms with Gasteiger partial charge in [-0.05, 0) is 16.3 Å². The number of amides is 1. The minimum atomic E-state index is -0.602. The SMILES string of the molecule is O=C(NO)c1cnc(N2CC3(CN(Cc4cccc5ccccc45)C3)C2)nc1. The molecule has 5 rings (SSSR count). The Labute approximate surface area is 162 Å². The van der Waals surface area contributed by atoms with Crippen LogP contribution >= 0.6 is 0 Å². The number of hydroxylamine groups is 1. The first-order chi connectivity index (χ1) is 13.7. The molecule has 1 aromatic heterocycles. The molecule has 28 heavy (non-hydrogen) atoms. The number of nitrogens with one attached hydrogen (secondary N) is 1. The minimum absolute atomic E-state index is 0.242. The van der Waals surface area contributed by atoms with Crippen LogP contribution in [0.2, 0.25) is 0 Å². The van der Waals surface area contributed by atoms with Crippen molar-refractivity contribution >= 4 is 22.6 Å². The van der Waals surface area contributed by atoms with Crippen LogP contribution in [0, 0.1) is 5.41 Å². The van der Waals surface area contributed by atoms with Gasteiger partial charge in [0.15, 0.2) is 0 Å². The quantitative estimate of drug-likeness (QED) is 0.537. The Morgan fingerprint density at radius 2 is 1.75 bits per heavy atom. The van der Waals surface area contributed by atoms with Gasteiger partial charge in [-0.2, -0.15) is 0 Å². The largest absolute Gasteiger partial charge is 0.339 e. The number of hydrogen-bond acceptors (Lipinski definition) is 6. The summed E-state index contributed by atoms with van der Waals surface area (Å²) in [6, 6.07) is 15.1. The van der Waals surface area contributed by atoms with Gasteiger partial charge in [-0.15, -0.1) is 0 Å². The van der Waals surface area contributed by atoms with Crippen LogP contribution in [0.1, 0.15) is 15.9 Å². The molecule has 2 aliphatic heterocycles. The van der Waals surface area contributed by atoms with Crippen molar-refractivity contribution in [2.75, 3.05) is 31.1 Å². The molecule has 2 fully saturated rings. The first kappa shape index (κ1) is 17.1. The second-order valence-corrected chi connectivity index (χ2v) is 7.85. The van der Waals surface area contributed by atoms with Crippen molar-refractivity contribution in [1.82, 2.24) is 20.3 Å². The van der Waals surface area contributed by atoms with Crippen LogP contribution in [0.4, 0.5) is 5.95 Å². The van der Waals surface area contributed by atoms with Crippen LogP contribution in [-0.2, 0) is 6.54 Å². The van der Waals surface area contributed by atoms with E-state index < -0.39 is 5.91 Å². The third-order valence-corrected chi connectivity index (χ3v) is 5.73. The van der Waals surface area contributed by atoms with Gasteiger partial charge in [-0.25, -0.2) is 15.4 Å². The van der Waals surface area contributed by atoms with Gasteiger partial charge in [0.2, 0.25) is 5.95 Å². The molecule has 2 aliphatic rings. The van der Waals surface area contributed by atoms with Crippen molar-refractivity contribution in [3.8, 4) is 0 Å². The van der Waals surface area contributed by atoms with E-state index in [4.69, 9.17) is 5.21 Å². The second-order valence-electron chi connectivity index (χ2n) is 7.85. The lowest BCUT2D eigenvalue weighted by molar-refractivity contribution is -0.0278. The average molecular weight is 375 g/mol. The second kappa shape index (κ2) is 6.54. The van der Waals surface area contributed by atoms with E-state index >= 15 is 0 Å². The number of likely N-dealkylation sites (tertiary alicyclic amines) is 1. The summed E-state index contributed by atoms with van der Waals surface area (Å²) < 4.78 is 0. The van der Waals surface area contributed by atoms with E-state index in [1.54, 1.807) is 5.48 Å².